The summed E-state index contributed by atoms with van der Waals surface area (Å²) in [5, 5.41) is 9.67. The van der Waals surface area contributed by atoms with Gasteiger partial charge in [-0.2, -0.15) is 0 Å². The van der Waals surface area contributed by atoms with Gasteiger partial charge in [0.05, 0.1) is 13.2 Å². The molecule has 0 heterocycles. The molecule has 0 saturated carbocycles. The predicted octanol–water partition coefficient (Wildman–Crippen LogP) is 3.31. The Hall–Kier alpha value is -2.08. The van der Waals surface area contributed by atoms with Crippen LogP contribution in [-0.2, 0) is 6.54 Å². The minimum absolute atomic E-state index is 0.104. The minimum atomic E-state index is -0.304. The van der Waals surface area contributed by atoms with Crippen molar-refractivity contribution in [3.05, 3.63) is 71.8 Å². The molecule has 0 aliphatic carbocycles. The average molecular weight is 293 g/mol. The molecule has 2 rings (SSSR count). The van der Waals surface area contributed by atoms with E-state index in [1.165, 1.54) is 5.56 Å². The third kappa shape index (κ3) is 4.73. The van der Waals surface area contributed by atoms with Crippen molar-refractivity contribution in [3.63, 3.8) is 0 Å². The van der Waals surface area contributed by atoms with Crippen LogP contribution in [0.4, 0.5) is 0 Å². The molecular weight excluding hydrogens is 270 g/mol. The first-order chi connectivity index (χ1) is 10.6. The van der Waals surface area contributed by atoms with Crippen molar-refractivity contribution in [1.29, 1.82) is 0 Å². The van der Waals surface area contributed by atoms with Gasteiger partial charge in [-0.25, -0.2) is 0 Å². The second-order valence-corrected chi connectivity index (χ2v) is 5.98. The molecule has 0 fully saturated rings. The fourth-order valence-corrected chi connectivity index (χ4v) is 2.15. The van der Waals surface area contributed by atoms with Crippen LogP contribution < -0.4 is 0 Å². The zero-order chi connectivity index (χ0) is 15.8. The third-order valence-electron chi connectivity index (χ3n) is 3.74. The maximum absolute atomic E-state index is 9.67. The number of benzene rings is 2. The second kappa shape index (κ2) is 7.79. The highest BCUT2D eigenvalue weighted by Gasteiger charge is 2.25. The molecule has 0 saturated heterocycles. The van der Waals surface area contributed by atoms with E-state index in [1.807, 2.05) is 62.4 Å². The molecule has 0 radical (unpaired) electrons. The Balaban J connectivity index is 2.10. The van der Waals surface area contributed by atoms with Gasteiger partial charge in [-0.1, -0.05) is 60.4 Å². The zero-order valence-electron chi connectivity index (χ0n) is 13.3. The summed E-state index contributed by atoms with van der Waals surface area (Å²) in [4.78, 5) is 2.21. The van der Waals surface area contributed by atoms with Gasteiger partial charge in [0, 0.05) is 17.6 Å². The Morgan fingerprint density at radius 2 is 1.55 bits per heavy atom. The molecule has 0 spiro atoms. The van der Waals surface area contributed by atoms with Crippen molar-refractivity contribution in [2.45, 2.75) is 25.9 Å². The summed E-state index contributed by atoms with van der Waals surface area (Å²) in [5.74, 6) is 6.41. The van der Waals surface area contributed by atoms with Crippen molar-refractivity contribution < 1.29 is 5.11 Å². The second-order valence-electron chi connectivity index (χ2n) is 5.98. The Morgan fingerprint density at radius 1 is 0.955 bits per heavy atom. The van der Waals surface area contributed by atoms with E-state index in [2.05, 4.69) is 28.9 Å². The van der Waals surface area contributed by atoms with Gasteiger partial charge < -0.3 is 5.11 Å². The first-order valence-electron chi connectivity index (χ1n) is 7.55. The number of nitrogens with zero attached hydrogens (tertiary/aromatic N) is 1. The van der Waals surface area contributed by atoms with E-state index in [-0.39, 0.29) is 12.1 Å². The van der Waals surface area contributed by atoms with Crippen LogP contribution in [0.1, 0.15) is 25.0 Å². The van der Waals surface area contributed by atoms with Crippen LogP contribution in [-0.4, -0.2) is 28.7 Å². The van der Waals surface area contributed by atoms with Gasteiger partial charge in [0.2, 0.25) is 0 Å². The average Bonchev–Trinajstić information content (AvgIpc) is 2.56. The molecule has 0 aliphatic heterocycles. The molecule has 1 N–H and O–H groups in total. The largest absolute Gasteiger partial charge is 0.394 e. The van der Waals surface area contributed by atoms with E-state index in [0.29, 0.717) is 6.54 Å². The van der Waals surface area contributed by atoms with Crippen LogP contribution in [0.2, 0.25) is 0 Å². The zero-order valence-corrected chi connectivity index (χ0v) is 13.3. The topological polar surface area (TPSA) is 23.5 Å². The molecule has 0 bridgehead atoms. The van der Waals surface area contributed by atoms with E-state index in [1.54, 1.807) is 0 Å². The fraction of sp³-hybridized carbons (Fsp3) is 0.300. The quantitative estimate of drug-likeness (QED) is 0.855. The Bertz CT molecular complexity index is 623. The molecule has 0 atom stereocenters. The van der Waals surface area contributed by atoms with Crippen LogP contribution in [0, 0.1) is 11.8 Å². The summed E-state index contributed by atoms with van der Waals surface area (Å²) >= 11 is 0. The van der Waals surface area contributed by atoms with Crippen molar-refractivity contribution in [1.82, 2.24) is 4.90 Å². The van der Waals surface area contributed by atoms with Gasteiger partial charge in [-0.15, -0.1) is 0 Å². The molecule has 0 unspecified atom stereocenters. The van der Waals surface area contributed by atoms with Crippen LogP contribution in [0.15, 0.2) is 60.7 Å². The highest BCUT2D eigenvalue weighted by molar-refractivity contribution is 5.34. The summed E-state index contributed by atoms with van der Waals surface area (Å²) in [6, 6.07) is 20.3. The van der Waals surface area contributed by atoms with Gasteiger partial charge in [0.25, 0.3) is 0 Å². The first-order valence-corrected chi connectivity index (χ1v) is 7.55. The Labute approximate surface area is 133 Å². The van der Waals surface area contributed by atoms with Crippen molar-refractivity contribution in [3.8, 4) is 11.8 Å². The first kappa shape index (κ1) is 16.3. The number of hydrogen-bond acceptors (Lipinski definition) is 2. The Morgan fingerprint density at radius 3 is 2.14 bits per heavy atom. The van der Waals surface area contributed by atoms with E-state index in [4.69, 9.17) is 0 Å². The number of aliphatic hydroxyl groups excluding tert-OH is 1. The van der Waals surface area contributed by atoms with Crippen LogP contribution in [0.25, 0.3) is 0 Å². The van der Waals surface area contributed by atoms with Crippen molar-refractivity contribution in [2.75, 3.05) is 13.2 Å². The lowest BCUT2D eigenvalue weighted by Gasteiger charge is -2.36. The molecular formula is C20H23NO. The molecule has 0 aliphatic rings. The van der Waals surface area contributed by atoms with E-state index < -0.39 is 0 Å². The summed E-state index contributed by atoms with van der Waals surface area (Å²) in [6.45, 7) is 5.59. The van der Waals surface area contributed by atoms with E-state index >= 15 is 0 Å². The predicted molar refractivity (Wildman–Crippen MR) is 91.3 cm³/mol. The molecule has 22 heavy (non-hydrogen) atoms. The maximum atomic E-state index is 9.67. The van der Waals surface area contributed by atoms with Crippen LogP contribution >= 0.6 is 0 Å². The smallest absolute Gasteiger partial charge is 0.0614 e. The molecule has 0 amide bonds. The van der Waals surface area contributed by atoms with E-state index in [9.17, 15) is 5.11 Å². The number of rotatable bonds is 5. The van der Waals surface area contributed by atoms with Gasteiger partial charge in [-0.05, 0) is 31.5 Å². The standard InChI is InChI=1S/C20H23NO/c1-20(2,17-22)21(16-19-12-7-4-8-13-19)15-9-14-18-10-5-3-6-11-18/h3-8,10-13,22H,15-17H2,1-2H3. The highest BCUT2D eigenvalue weighted by atomic mass is 16.3. The molecule has 114 valence electrons. The lowest BCUT2D eigenvalue weighted by Crippen LogP contribution is -2.46. The number of hydrogen-bond donors (Lipinski definition) is 1. The van der Waals surface area contributed by atoms with Gasteiger partial charge in [0.1, 0.15) is 0 Å². The summed E-state index contributed by atoms with van der Waals surface area (Å²) < 4.78 is 0. The third-order valence-corrected chi connectivity index (χ3v) is 3.74. The molecule has 0 aromatic heterocycles. The van der Waals surface area contributed by atoms with Gasteiger partial charge >= 0.3 is 0 Å². The SMILES string of the molecule is CC(C)(CO)N(CC#Cc1ccccc1)Cc1ccccc1. The molecule has 2 heteroatoms. The molecule has 2 aromatic rings. The summed E-state index contributed by atoms with van der Waals surface area (Å²) in [5.41, 5.74) is 1.94. The lowest BCUT2D eigenvalue weighted by molar-refractivity contribution is 0.0622. The highest BCUT2D eigenvalue weighted by Crippen LogP contribution is 2.17. The van der Waals surface area contributed by atoms with E-state index in [0.717, 1.165) is 12.1 Å². The van der Waals surface area contributed by atoms with Gasteiger partial charge in [0.15, 0.2) is 0 Å². The summed E-state index contributed by atoms with van der Waals surface area (Å²) in [6.07, 6.45) is 0. The van der Waals surface area contributed by atoms with Crippen molar-refractivity contribution in [2.24, 2.45) is 0 Å². The Kier molecular flexibility index (Phi) is 5.77. The van der Waals surface area contributed by atoms with Crippen molar-refractivity contribution >= 4 is 0 Å². The number of aliphatic hydroxyl groups is 1. The van der Waals surface area contributed by atoms with Gasteiger partial charge in [-0.3, -0.25) is 4.90 Å². The lowest BCUT2D eigenvalue weighted by atomic mass is 10.0. The monoisotopic (exact) mass is 293 g/mol. The van der Waals surface area contributed by atoms with Crippen LogP contribution in [0.3, 0.4) is 0 Å². The fourth-order valence-electron chi connectivity index (χ4n) is 2.15. The molecule has 2 aromatic carbocycles. The minimum Gasteiger partial charge on any atom is -0.394 e. The maximum Gasteiger partial charge on any atom is 0.0614 e. The molecule has 2 nitrogen and oxygen atoms in total. The normalized spacial score (nSPS) is 11.1. The van der Waals surface area contributed by atoms with Crippen LogP contribution in [0.5, 0.6) is 0 Å². The summed E-state index contributed by atoms with van der Waals surface area (Å²) in [7, 11) is 0.